The van der Waals surface area contributed by atoms with Crippen molar-refractivity contribution in [3.63, 3.8) is 0 Å². The van der Waals surface area contributed by atoms with Gasteiger partial charge in [0.2, 0.25) is 0 Å². The number of nitrogens with zero attached hydrogens (tertiary/aromatic N) is 1. The standard InChI is InChI=1S/C23H23BrN2O5/c1-4-30-20-11-17(19(24)12-21(20)31-14-22(27)29-3)10-18(13-25)23(28)26-15(2)16-8-6-5-7-9-16/h5-12,15H,4,14H2,1-3H3,(H,26,28)/b18-10-/t15-/m1/s1. The second-order valence-corrected chi connectivity index (χ2v) is 7.25. The van der Waals surface area contributed by atoms with E-state index in [2.05, 4.69) is 26.0 Å². The number of methoxy groups -OCH3 is 1. The second kappa shape index (κ2) is 11.8. The van der Waals surface area contributed by atoms with Crippen LogP contribution in [0.25, 0.3) is 6.08 Å². The molecule has 0 radical (unpaired) electrons. The fraction of sp³-hybridized carbons (Fsp3) is 0.261. The predicted molar refractivity (Wildman–Crippen MR) is 119 cm³/mol. The summed E-state index contributed by atoms with van der Waals surface area (Å²) >= 11 is 3.41. The van der Waals surface area contributed by atoms with Gasteiger partial charge in [0.25, 0.3) is 5.91 Å². The van der Waals surface area contributed by atoms with E-state index in [1.54, 1.807) is 19.1 Å². The van der Waals surface area contributed by atoms with E-state index in [-0.39, 0.29) is 18.2 Å². The molecule has 0 aliphatic rings. The molecule has 7 nitrogen and oxygen atoms in total. The second-order valence-electron chi connectivity index (χ2n) is 6.39. The van der Waals surface area contributed by atoms with E-state index >= 15 is 0 Å². The van der Waals surface area contributed by atoms with Gasteiger partial charge in [-0.3, -0.25) is 4.79 Å². The summed E-state index contributed by atoms with van der Waals surface area (Å²) in [7, 11) is 1.27. The van der Waals surface area contributed by atoms with Crippen LogP contribution < -0.4 is 14.8 Å². The highest BCUT2D eigenvalue weighted by Crippen LogP contribution is 2.35. The van der Waals surface area contributed by atoms with Gasteiger partial charge in [0, 0.05) is 4.47 Å². The first-order chi connectivity index (χ1) is 14.9. The summed E-state index contributed by atoms with van der Waals surface area (Å²) in [6, 6.07) is 14.4. The normalized spacial score (nSPS) is 11.8. The van der Waals surface area contributed by atoms with Crippen LogP contribution in [-0.2, 0) is 14.3 Å². The fourth-order valence-electron chi connectivity index (χ4n) is 2.64. The average molecular weight is 487 g/mol. The van der Waals surface area contributed by atoms with Gasteiger partial charge < -0.3 is 19.5 Å². The van der Waals surface area contributed by atoms with Crippen LogP contribution in [0.2, 0.25) is 0 Å². The van der Waals surface area contributed by atoms with Crippen molar-refractivity contribution < 1.29 is 23.8 Å². The maximum absolute atomic E-state index is 12.6. The molecule has 0 saturated heterocycles. The van der Waals surface area contributed by atoms with Crippen molar-refractivity contribution in [2.24, 2.45) is 0 Å². The Labute approximate surface area is 189 Å². The third-order valence-corrected chi connectivity index (χ3v) is 4.93. The SMILES string of the molecule is CCOc1cc(/C=C(/C#N)C(=O)N[C@H](C)c2ccccc2)c(Br)cc1OCC(=O)OC. The Hall–Kier alpha value is -3.31. The number of nitrogens with one attached hydrogen (secondary N) is 1. The summed E-state index contributed by atoms with van der Waals surface area (Å²) in [5.41, 5.74) is 1.42. The highest BCUT2D eigenvalue weighted by atomic mass is 79.9. The molecule has 0 bridgehead atoms. The van der Waals surface area contributed by atoms with Crippen LogP contribution >= 0.6 is 15.9 Å². The maximum atomic E-state index is 12.6. The van der Waals surface area contributed by atoms with Gasteiger partial charge in [-0.15, -0.1) is 0 Å². The van der Waals surface area contributed by atoms with E-state index in [1.807, 2.05) is 43.3 Å². The van der Waals surface area contributed by atoms with Crippen LogP contribution in [0.5, 0.6) is 11.5 Å². The summed E-state index contributed by atoms with van der Waals surface area (Å²) in [4.78, 5) is 24.0. The first-order valence-corrected chi connectivity index (χ1v) is 10.3. The Bertz CT molecular complexity index is 999. The van der Waals surface area contributed by atoms with Gasteiger partial charge in [0.1, 0.15) is 11.6 Å². The number of nitriles is 1. The lowest BCUT2D eigenvalue weighted by atomic mass is 10.1. The van der Waals surface area contributed by atoms with Crippen molar-refractivity contribution in [2.45, 2.75) is 19.9 Å². The van der Waals surface area contributed by atoms with Gasteiger partial charge in [0.05, 0.1) is 19.8 Å². The van der Waals surface area contributed by atoms with E-state index in [4.69, 9.17) is 9.47 Å². The topological polar surface area (TPSA) is 97.6 Å². The van der Waals surface area contributed by atoms with E-state index in [9.17, 15) is 14.9 Å². The number of hydrogen-bond acceptors (Lipinski definition) is 6. The lowest BCUT2D eigenvalue weighted by molar-refractivity contribution is -0.142. The van der Waals surface area contributed by atoms with Crippen LogP contribution in [0.1, 0.15) is 31.0 Å². The molecule has 0 unspecified atom stereocenters. The van der Waals surface area contributed by atoms with Gasteiger partial charge in [-0.05, 0) is 43.2 Å². The summed E-state index contributed by atoms with van der Waals surface area (Å²) in [6.07, 6.45) is 1.46. The summed E-state index contributed by atoms with van der Waals surface area (Å²) in [5, 5.41) is 12.4. The van der Waals surface area contributed by atoms with Gasteiger partial charge in [-0.25, -0.2) is 4.79 Å². The van der Waals surface area contributed by atoms with Crippen LogP contribution in [0.15, 0.2) is 52.5 Å². The van der Waals surface area contributed by atoms with E-state index in [0.717, 1.165) is 5.56 Å². The van der Waals surface area contributed by atoms with Crippen molar-refractivity contribution in [3.05, 3.63) is 63.6 Å². The first kappa shape index (κ1) is 24.0. The van der Waals surface area contributed by atoms with Gasteiger partial charge in [-0.1, -0.05) is 46.3 Å². The van der Waals surface area contributed by atoms with E-state index < -0.39 is 11.9 Å². The zero-order chi connectivity index (χ0) is 22.8. The van der Waals surface area contributed by atoms with Gasteiger partial charge in [0.15, 0.2) is 18.1 Å². The number of carbonyl (C=O) groups is 2. The molecule has 0 aliphatic heterocycles. The highest BCUT2D eigenvalue weighted by Gasteiger charge is 2.16. The number of hydrogen-bond donors (Lipinski definition) is 1. The zero-order valence-electron chi connectivity index (χ0n) is 17.5. The number of esters is 1. The van der Waals surface area contributed by atoms with Gasteiger partial charge in [-0.2, -0.15) is 5.26 Å². The molecule has 2 aromatic carbocycles. The number of amides is 1. The average Bonchev–Trinajstić information content (AvgIpc) is 2.78. The smallest absolute Gasteiger partial charge is 0.343 e. The molecule has 0 aliphatic carbocycles. The van der Waals surface area contributed by atoms with Crippen molar-refractivity contribution >= 4 is 33.9 Å². The molecule has 1 atom stereocenters. The Balaban J connectivity index is 2.27. The minimum Gasteiger partial charge on any atom is -0.490 e. The molecule has 0 heterocycles. The minimum absolute atomic E-state index is 0.0610. The fourth-order valence-corrected chi connectivity index (χ4v) is 3.08. The number of benzene rings is 2. The molecular formula is C23H23BrN2O5. The molecule has 1 amide bonds. The quantitative estimate of drug-likeness (QED) is 0.324. The third kappa shape index (κ3) is 6.86. The third-order valence-electron chi connectivity index (χ3n) is 4.25. The van der Waals surface area contributed by atoms with Crippen molar-refractivity contribution in [3.8, 4) is 17.6 Å². The zero-order valence-corrected chi connectivity index (χ0v) is 19.1. The number of rotatable bonds is 9. The first-order valence-electron chi connectivity index (χ1n) is 9.53. The Morgan fingerprint density at radius 2 is 1.87 bits per heavy atom. The number of halogens is 1. The highest BCUT2D eigenvalue weighted by molar-refractivity contribution is 9.10. The van der Waals surface area contributed by atoms with Crippen LogP contribution in [0.3, 0.4) is 0 Å². The minimum atomic E-state index is -0.529. The Morgan fingerprint density at radius 3 is 2.48 bits per heavy atom. The molecule has 1 N–H and O–H groups in total. The predicted octanol–water partition coefficient (Wildman–Crippen LogP) is 4.18. The molecule has 2 rings (SSSR count). The largest absolute Gasteiger partial charge is 0.490 e. The molecule has 0 saturated carbocycles. The lowest BCUT2D eigenvalue weighted by Crippen LogP contribution is -2.27. The summed E-state index contributed by atoms with van der Waals surface area (Å²) in [6.45, 7) is 3.74. The van der Waals surface area contributed by atoms with Crippen LogP contribution in [-0.4, -0.2) is 32.2 Å². The number of carbonyl (C=O) groups excluding carboxylic acids is 2. The molecule has 0 aromatic heterocycles. The lowest BCUT2D eigenvalue weighted by Gasteiger charge is -2.15. The molecule has 162 valence electrons. The molecule has 0 fully saturated rings. The summed E-state index contributed by atoms with van der Waals surface area (Å²) in [5.74, 6) is -0.318. The van der Waals surface area contributed by atoms with E-state index in [0.29, 0.717) is 28.1 Å². The summed E-state index contributed by atoms with van der Waals surface area (Å²) < 4.78 is 16.2. The van der Waals surface area contributed by atoms with Crippen molar-refractivity contribution in [2.75, 3.05) is 20.3 Å². The molecule has 2 aromatic rings. The Morgan fingerprint density at radius 1 is 1.19 bits per heavy atom. The maximum Gasteiger partial charge on any atom is 0.343 e. The Kier molecular flexibility index (Phi) is 9.10. The monoisotopic (exact) mass is 486 g/mol. The van der Waals surface area contributed by atoms with E-state index in [1.165, 1.54) is 13.2 Å². The van der Waals surface area contributed by atoms with Gasteiger partial charge >= 0.3 is 5.97 Å². The number of ether oxygens (including phenoxy) is 3. The van der Waals surface area contributed by atoms with Crippen molar-refractivity contribution in [1.29, 1.82) is 5.26 Å². The van der Waals surface area contributed by atoms with Crippen LogP contribution in [0.4, 0.5) is 0 Å². The molecule has 31 heavy (non-hydrogen) atoms. The molecule has 0 spiro atoms. The molecule has 8 heteroatoms. The van der Waals surface area contributed by atoms with Crippen LogP contribution in [0, 0.1) is 11.3 Å². The molecular weight excluding hydrogens is 464 g/mol. The van der Waals surface area contributed by atoms with Crippen molar-refractivity contribution in [1.82, 2.24) is 5.32 Å².